The zero-order valence-electron chi connectivity index (χ0n) is 13.7. The maximum Gasteiger partial charge on any atom is 0.335 e. The summed E-state index contributed by atoms with van der Waals surface area (Å²) in [6.07, 6.45) is 0.305. The Bertz CT molecular complexity index is 613. The van der Waals surface area contributed by atoms with Gasteiger partial charge in [0.05, 0.1) is 5.69 Å². The summed E-state index contributed by atoms with van der Waals surface area (Å²) in [6, 6.07) is 9.43. The summed E-state index contributed by atoms with van der Waals surface area (Å²) in [5, 5.41) is 11.4. The molecule has 124 valence electrons. The molecule has 1 unspecified atom stereocenters. The van der Waals surface area contributed by atoms with Gasteiger partial charge in [0.2, 0.25) is 0 Å². The Kier molecular flexibility index (Phi) is 6.22. The third kappa shape index (κ3) is 5.14. The first kappa shape index (κ1) is 17.1. The Balaban J connectivity index is 1.87. The summed E-state index contributed by atoms with van der Waals surface area (Å²) >= 11 is 0. The van der Waals surface area contributed by atoms with Crippen LogP contribution in [-0.4, -0.2) is 38.9 Å². The van der Waals surface area contributed by atoms with Gasteiger partial charge in [0.15, 0.2) is 18.5 Å². The summed E-state index contributed by atoms with van der Waals surface area (Å²) in [5.74, 6) is 0.573. The minimum absolute atomic E-state index is 0.00138. The average molecular weight is 318 g/mol. The summed E-state index contributed by atoms with van der Waals surface area (Å²) in [5.41, 5.74) is 0.810. The summed E-state index contributed by atoms with van der Waals surface area (Å²) < 4.78 is 12.2. The van der Waals surface area contributed by atoms with E-state index in [4.69, 9.17) is 9.47 Å². The minimum Gasteiger partial charge on any atom is -0.455 e. The lowest BCUT2D eigenvalue weighted by molar-refractivity contribution is -0.157. The Labute approximate surface area is 135 Å². The zero-order chi connectivity index (χ0) is 16.7. The zero-order valence-corrected chi connectivity index (χ0v) is 13.7. The molecule has 1 aromatic heterocycles. The molecule has 0 spiro atoms. The Hall–Kier alpha value is -2.28. The van der Waals surface area contributed by atoms with E-state index in [1.165, 1.54) is 4.68 Å². The van der Waals surface area contributed by atoms with Crippen molar-refractivity contribution in [2.24, 2.45) is 5.92 Å². The number of hydrogen-bond acceptors (Lipinski definition) is 6. The van der Waals surface area contributed by atoms with Crippen molar-refractivity contribution < 1.29 is 14.3 Å². The fourth-order valence-corrected chi connectivity index (χ4v) is 1.87. The van der Waals surface area contributed by atoms with Gasteiger partial charge in [0.1, 0.15) is 0 Å². The van der Waals surface area contributed by atoms with E-state index < -0.39 is 12.1 Å². The molecule has 0 aliphatic carbocycles. The number of tetrazole rings is 1. The van der Waals surface area contributed by atoms with Gasteiger partial charge in [-0.1, -0.05) is 32.0 Å². The van der Waals surface area contributed by atoms with Crippen molar-refractivity contribution >= 4 is 5.97 Å². The second kappa shape index (κ2) is 8.38. The van der Waals surface area contributed by atoms with Crippen LogP contribution >= 0.6 is 0 Å². The van der Waals surface area contributed by atoms with Crippen molar-refractivity contribution in [2.75, 3.05) is 6.61 Å². The van der Waals surface area contributed by atoms with Gasteiger partial charge in [-0.25, -0.2) is 4.79 Å². The number of benzene rings is 1. The van der Waals surface area contributed by atoms with Crippen LogP contribution in [0, 0.1) is 5.92 Å². The molecule has 0 N–H and O–H groups in total. The smallest absolute Gasteiger partial charge is 0.335 e. The molecule has 0 aliphatic heterocycles. The number of esters is 1. The van der Waals surface area contributed by atoms with Crippen LogP contribution in [0.2, 0.25) is 0 Å². The molecule has 0 saturated carbocycles. The molecule has 0 fully saturated rings. The second-order valence-corrected chi connectivity index (χ2v) is 5.65. The van der Waals surface area contributed by atoms with E-state index in [1.54, 1.807) is 6.92 Å². The fraction of sp³-hybridized carbons (Fsp3) is 0.500. The van der Waals surface area contributed by atoms with Gasteiger partial charge in [-0.2, -0.15) is 4.68 Å². The molecule has 1 heterocycles. The number of para-hydroxylation sites is 1. The quantitative estimate of drug-likeness (QED) is 0.694. The van der Waals surface area contributed by atoms with Crippen molar-refractivity contribution in [3.63, 3.8) is 0 Å². The van der Waals surface area contributed by atoms with E-state index in [0.717, 1.165) is 12.1 Å². The van der Waals surface area contributed by atoms with Crippen LogP contribution in [0.3, 0.4) is 0 Å². The standard InChI is InChI=1S/C16H22N4O3/c1-12(2)9-10-22-13(3)16(21)23-11-15-17-18-19-20(15)14-7-5-4-6-8-14/h4-8,12-13H,9-11H2,1-3H3. The van der Waals surface area contributed by atoms with Crippen molar-refractivity contribution in [3.05, 3.63) is 36.2 Å². The number of nitrogens with zero attached hydrogens (tertiary/aromatic N) is 4. The lowest BCUT2D eigenvalue weighted by Gasteiger charge is -2.13. The highest BCUT2D eigenvalue weighted by molar-refractivity contribution is 5.74. The first-order chi connectivity index (χ1) is 11.1. The SMILES string of the molecule is CC(C)CCOC(C)C(=O)OCc1nnnn1-c1ccccc1. The van der Waals surface area contributed by atoms with Gasteiger partial charge in [-0.3, -0.25) is 0 Å². The van der Waals surface area contributed by atoms with Crippen LogP contribution in [0.5, 0.6) is 0 Å². The lowest BCUT2D eigenvalue weighted by Crippen LogP contribution is -2.24. The van der Waals surface area contributed by atoms with Crippen molar-refractivity contribution in [1.29, 1.82) is 0 Å². The number of aromatic nitrogens is 4. The normalized spacial score (nSPS) is 12.3. The second-order valence-electron chi connectivity index (χ2n) is 5.65. The minimum atomic E-state index is -0.602. The van der Waals surface area contributed by atoms with Crippen LogP contribution in [0.25, 0.3) is 5.69 Å². The lowest BCUT2D eigenvalue weighted by atomic mass is 10.1. The molecule has 23 heavy (non-hydrogen) atoms. The predicted octanol–water partition coefficient (Wildman–Crippen LogP) is 2.16. The average Bonchev–Trinajstić information content (AvgIpc) is 3.01. The first-order valence-corrected chi connectivity index (χ1v) is 7.69. The maximum absolute atomic E-state index is 11.9. The number of rotatable bonds is 8. The molecule has 7 nitrogen and oxygen atoms in total. The molecule has 2 rings (SSSR count). The molecule has 0 aliphatic rings. The van der Waals surface area contributed by atoms with Crippen molar-refractivity contribution in [1.82, 2.24) is 20.2 Å². The molecule has 1 atom stereocenters. The molecule has 0 radical (unpaired) electrons. The van der Waals surface area contributed by atoms with Crippen molar-refractivity contribution in [3.8, 4) is 5.69 Å². The van der Waals surface area contributed by atoms with Crippen LogP contribution in [-0.2, 0) is 20.9 Å². The molecule has 1 aromatic carbocycles. The van der Waals surface area contributed by atoms with Gasteiger partial charge in [-0.05, 0) is 41.8 Å². The highest BCUT2D eigenvalue weighted by Gasteiger charge is 2.17. The highest BCUT2D eigenvalue weighted by atomic mass is 16.6. The number of ether oxygens (including phenoxy) is 2. The van der Waals surface area contributed by atoms with Crippen LogP contribution in [0.15, 0.2) is 30.3 Å². The van der Waals surface area contributed by atoms with Crippen LogP contribution in [0.4, 0.5) is 0 Å². The van der Waals surface area contributed by atoms with E-state index in [1.807, 2.05) is 30.3 Å². The van der Waals surface area contributed by atoms with E-state index in [0.29, 0.717) is 18.3 Å². The highest BCUT2D eigenvalue weighted by Crippen LogP contribution is 2.09. The largest absolute Gasteiger partial charge is 0.455 e. The maximum atomic E-state index is 11.9. The molecule has 2 aromatic rings. The van der Waals surface area contributed by atoms with E-state index in [2.05, 4.69) is 29.4 Å². The van der Waals surface area contributed by atoms with Gasteiger partial charge < -0.3 is 9.47 Å². The summed E-state index contributed by atoms with van der Waals surface area (Å²) in [4.78, 5) is 11.9. The van der Waals surface area contributed by atoms with E-state index in [9.17, 15) is 4.79 Å². The monoisotopic (exact) mass is 318 g/mol. The number of carbonyl (C=O) groups is 1. The van der Waals surface area contributed by atoms with E-state index >= 15 is 0 Å². The molecule has 0 bridgehead atoms. The Morgan fingerprint density at radius 2 is 1.96 bits per heavy atom. The fourth-order valence-electron chi connectivity index (χ4n) is 1.87. The van der Waals surface area contributed by atoms with Crippen molar-refractivity contribution in [2.45, 2.75) is 39.9 Å². The van der Waals surface area contributed by atoms with Crippen LogP contribution < -0.4 is 0 Å². The molecular weight excluding hydrogens is 296 g/mol. The summed E-state index contributed by atoms with van der Waals surface area (Å²) in [6.45, 7) is 6.43. The van der Waals surface area contributed by atoms with E-state index in [-0.39, 0.29) is 6.61 Å². The molecular formula is C16H22N4O3. The van der Waals surface area contributed by atoms with Gasteiger partial charge >= 0.3 is 5.97 Å². The third-order valence-corrected chi connectivity index (χ3v) is 3.27. The first-order valence-electron chi connectivity index (χ1n) is 7.69. The van der Waals surface area contributed by atoms with Gasteiger partial charge in [0.25, 0.3) is 0 Å². The predicted molar refractivity (Wildman–Crippen MR) is 83.8 cm³/mol. The molecule has 7 heteroatoms. The number of carbonyl (C=O) groups excluding carboxylic acids is 1. The molecule has 0 saturated heterocycles. The number of hydrogen-bond donors (Lipinski definition) is 0. The van der Waals surface area contributed by atoms with Crippen LogP contribution in [0.1, 0.15) is 33.0 Å². The molecule has 0 amide bonds. The van der Waals surface area contributed by atoms with Gasteiger partial charge in [0, 0.05) is 6.61 Å². The topological polar surface area (TPSA) is 79.1 Å². The Morgan fingerprint density at radius 3 is 2.65 bits per heavy atom. The third-order valence-electron chi connectivity index (χ3n) is 3.27. The van der Waals surface area contributed by atoms with Gasteiger partial charge in [-0.15, -0.1) is 5.10 Å². The summed E-state index contributed by atoms with van der Waals surface area (Å²) in [7, 11) is 0. The Morgan fingerprint density at radius 1 is 1.22 bits per heavy atom.